The second-order valence-corrected chi connectivity index (χ2v) is 7.64. The number of hydrogen-bond acceptors (Lipinski definition) is 3. The van der Waals surface area contributed by atoms with Crippen LogP contribution in [0, 0.1) is 6.92 Å². The molecule has 0 saturated carbocycles. The van der Waals surface area contributed by atoms with Crippen LogP contribution in [0.5, 0.6) is 0 Å². The number of nitrogens with zero attached hydrogens (tertiary/aromatic N) is 1. The summed E-state index contributed by atoms with van der Waals surface area (Å²) in [5, 5.41) is 2.53. The van der Waals surface area contributed by atoms with Crippen LogP contribution in [0.4, 0.5) is 10.5 Å². The van der Waals surface area contributed by atoms with Crippen molar-refractivity contribution in [3.8, 4) is 0 Å². The van der Waals surface area contributed by atoms with E-state index in [9.17, 15) is 13.2 Å². The molecule has 0 spiro atoms. The lowest BCUT2D eigenvalue weighted by Crippen LogP contribution is -2.44. The minimum atomic E-state index is -3.00. The van der Waals surface area contributed by atoms with Crippen molar-refractivity contribution >= 4 is 21.6 Å². The molecule has 2 amide bonds. The number of amides is 2. The van der Waals surface area contributed by atoms with Crippen LogP contribution < -0.4 is 5.32 Å². The summed E-state index contributed by atoms with van der Waals surface area (Å²) in [4.78, 5) is 13.8. The molecular weight excluding hydrogens is 276 g/mol. The van der Waals surface area contributed by atoms with Gasteiger partial charge in [0.25, 0.3) is 0 Å². The molecule has 1 aromatic carbocycles. The van der Waals surface area contributed by atoms with Gasteiger partial charge in [0, 0.05) is 25.0 Å². The van der Waals surface area contributed by atoms with Crippen LogP contribution in [0.3, 0.4) is 0 Å². The van der Waals surface area contributed by atoms with Gasteiger partial charge in [0.1, 0.15) is 9.84 Å². The number of carbonyl (C=O) groups excluding carboxylic acids is 1. The minimum Gasteiger partial charge on any atom is -0.324 e. The fraction of sp³-hybridized carbons (Fsp3) is 0.500. The number of hydrogen-bond donors (Lipinski definition) is 1. The van der Waals surface area contributed by atoms with Gasteiger partial charge in [-0.3, -0.25) is 0 Å². The molecule has 6 heteroatoms. The van der Waals surface area contributed by atoms with E-state index >= 15 is 0 Å². The van der Waals surface area contributed by atoms with Gasteiger partial charge < -0.3 is 10.2 Å². The Kier molecular flexibility index (Phi) is 4.32. The maximum atomic E-state index is 12.1. The summed E-state index contributed by atoms with van der Waals surface area (Å²) in [6.45, 7) is 2.93. The highest BCUT2D eigenvalue weighted by Gasteiger charge is 2.28. The molecule has 0 aliphatic carbocycles. The normalized spacial score (nSPS) is 17.0. The zero-order valence-corrected chi connectivity index (χ0v) is 12.6. The van der Waals surface area contributed by atoms with Crippen molar-refractivity contribution in [2.45, 2.75) is 25.0 Å². The molecule has 20 heavy (non-hydrogen) atoms. The highest BCUT2D eigenvalue weighted by atomic mass is 32.2. The van der Waals surface area contributed by atoms with Crippen molar-refractivity contribution in [2.24, 2.45) is 0 Å². The van der Waals surface area contributed by atoms with Crippen molar-refractivity contribution in [2.75, 3.05) is 24.7 Å². The zero-order chi connectivity index (χ0) is 14.8. The lowest BCUT2D eigenvalue weighted by atomic mass is 10.1. The Hall–Kier alpha value is -1.56. The Balaban J connectivity index is 1.92. The van der Waals surface area contributed by atoms with Crippen LogP contribution in [-0.4, -0.2) is 43.9 Å². The number of urea groups is 1. The maximum absolute atomic E-state index is 12.1. The number of rotatable bonds is 2. The quantitative estimate of drug-likeness (QED) is 0.908. The SMILES string of the molecule is Cc1cccc(NC(=O)N2CCC(S(C)(=O)=O)CC2)c1. The first-order valence-electron chi connectivity index (χ1n) is 6.68. The van der Waals surface area contributed by atoms with E-state index in [0.717, 1.165) is 11.3 Å². The van der Waals surface area contributed by atoms with E-state index in [1.165, 1.54) is 6.26 Å². The Morgan fingerprint density at radius 1 is 1.30 bits per heavy atom. The van der Waals surface area contributed by atoms with Crippen molar-refractivity contribution in [1.82, 2.24) is 4.90 Å². The van der Waals surface area contributed by atoms with Crippen molar-refractivity contribution in [3.05, 3.63) is 29.8 Å². The third-order valence-corrected chi connectivity index (χ3v) is 5.29. The van der Waals surface area contributed by atoms with E-state index in [2.05, 4.69) is 5.32 Å². The summed E-state index contributed by atoms with van der Waals surface area (Å²) in [6, 6.07) is 7.44. The monoisotopic (exact) mass is 296 g/mol. The lowest BCUT2D eigenvalue weighted by molar-refractivity contribution is 0.200. The Morgan fingerprint density at radius 2 is 1.95 bits per heavy atom. The van der Waals surface area contributed by atoms with Crippen LogP contribution in [0.15, 0.2) is 24.3 Å². The number of carbonyl (C=O) groups is 1. The number of sulfone groups is 1. The predicted molar refractivity (Wildman–Crippen MR) is 79.6 cm³/mol. The van der Waals surface area contributed by atoms with Gasteiger partial charge in [0.15, 0.2) is 0 Å². The van der Waals surface area contributed by atoms with Gasteiger partial charge >= 0.3 is 6.03 Å². The smallest absolute Gasteiger partial charge is 0.321 e. The number of piperidine rings is 1. The summed E-state index contributed by atoms with van der Waals surface area (Å²) in [5.74, 6) is 0. The maximum Gasteiger partial charge on any atom is 0.321 e. The highest BCUT2D eigenvalue weighted by Crippen LogP contribution is 2.18. The number of nitrogens with one attached hydrogen (secondary N) is 1. The molecule has 1 aliphatic heterocycles. The van der Waals surface area contributed by atoms with Gasteiger partial charge in [-0.2, -0.15) is 0 Å². The van der Waals surface area contributed by atoms with E-state index in [-0.39, 0.29) is 11.3 Å². The van der Waals surface area contributed by atoms with Crippen LogP contribution in [0.1, 0.15) is 18.4 Å². The molecule has 0 aromatic heterocycles. The molecule has 1 aliphatic rings. The molecule has 1 N–H and O–H groups in total. The minimum absolute atomic E-state index is 0.164. The number of likely N-dealkylation sites (tertiary alicyclic amines) is 1. The van der Waals surface area contributed by atoms with Gasteiger partial charge in [-0.25, -0.2) is 13.2 Å². The molecule has 2 rings (SSSR count). The van der Waals surface area contributed by atoms with Gasteiger partial charge in [0.05, 0.1) is 5.25 Å². The van der Waals surface area contributed by atoms with Crippen LogP contribution in [-0.2, 0) is 9.84 Å². The van der Waals surface area contributed by atoms with E-state index in [1.54, 1.807) is 4.90 Å². The third-order valence-electron chi connectivity index (χ3n) is 3.60. The summed E-state index contributed by atoms with van der Waals surface area (Å²) in [6.07, 6.45) is 2.29. The summed E-state index contributed by atoms with van der Waals surface area (Å²) in [5.41, 5.74) is 1.85. The highest BCUT2D eigenvalue weighted by molar-refractivity contribution is 7.91. The van der Waals surface area contributed by atoms with Gasteiger partial charge in [-0.05, 0) is 37.5 Å². The molecular formula is C14H20N2O3S. The molecule has 1 fully saturated rings. The lowest BCUT2D eigenvalue weighted by Gasteiger charge is -2.31. The molecule has 1 aromatic rings. The first-order chi connectivity index (χ1) is 9.36. The average Bonchev–Trinajstić information content (AvgIpc) is 2.38. The van der Waals surface area contributed by atoms with Crippen LogP contribution >= 0.6 is 0 Å². The summed E-state index contributed by atoms with van der Waals surface area (Å²) in [7, 11) is -3.00. The van der Waals surface area contributed by atoms with E-state index in [0.29, 0.717) is 25.9 Å². The van der Waals surface area contributed by atoms with E-state index < -0.39 is 9.84 Å². The fourth-order valence-corrected chi connectivity index (χ4v) is 3.48. The third kappa shape index (κ3) is 3.72. The Bertz CT molecular complexity index is 590. The molecule has 0 unspecified atom stereocenters. The number of aryl methyl sites for hydroxylation is 1. The predicted octanol–water partition coefficient (Wildman–Crippen LogP) is 2.04. The first kappa shape index (κ1) is 14.8. The van der Waals surface area contributed by atoms with Crippen LogP contribution in [0.25, 0.3) is 0 Å². The fourth-order valence-electron chi connectivity index (χ4n) is 2.41. The summed E-state index contributed by atoms with van der Waals surface area (Å²) < 4.78 is 22.9. The molecule has 0 atom stereocenters. The van der Waals surface area contributed by atoms with Crippen molar-refractivity contribution in [3.63, 3.8) is 0 Å². The Labute approximate surface area is 119 Å². The van der Waals surface area contributed by atoms with Crippen molar-refractivity contribution < 1.29 is 13.2 Å². The molecule has 1 heterocycles. The molecule has 0 radical (unpaired) electrons. The standard InChI is InChI=1S/C14H20N2O3S/c1-11-4-3-5-12(10-11)15-14(17)16-8-6-13(7-9-16)20(2,18)19/h3-5,10,13H,6-9H2,1-2H3,(H,15,17). The summed E-state index contributed by atoms with van der Waals surface area (Å²) >= 11 is 0. The number of anilines is 1. The second kappa shape index (κ2) is 5.83. The molecule has 1 saturated heterocycles. The second-order valence-electron chi connectivity index (χ2n) is 5.32. The van der Waals surface area contributed by atoms with Gasteiger partial charge in [-0.15, -0.1) is 0 Å². The van der Waals surface area contributed by atoms with Crippen molar-refractivity contribution in [1.29, 1.82) is 0 Å². The first-order valence-corrected chi connectivity index (χ1v) is 8.63. The average molecular weight is 296 g/mol. The van der Waals surface area contributed by atoms with Gasteiger partial charge in [0.2, 0.25) is 0 Å². The van der Waals surface area contributed by atoms with E-state index in [1.807, 2.05) is 31.2 Å². The number of benzene rings is 1. The molecule has 0 bridgehead atoms. The van der Waals surface area contributed by atoms with E-state index in [4.69, 9.17) is 0 Å². The Morgan fingerprint density at radius 3 is 2.50 bits per heavy atom. The largest absolute Gasteiger partial charge is 0.324 e. The van der Waals surface area contributed by atoms with Gasteiger partial charge in [-0.1, -0.05) is 12.1 Å². The zero-order valence-electron chi connectivity index (χ0n) is 11.8. The topological polar surface area (TPSA) is 66.5 Å². The molecule has 110 valence electrons. The molecule has 5 nitrogen and oxygen atoms in total. The van der Waals surface area contributed by atoms with Crippen LogP contribution in [0.2, 0.25) is 0 Å².